The molecule has 1 aromatic rings. The molecule has 0 radical (unpaired) electrons. The lowest BCUT2D eigenvalue weighted by Gasteiger charge is -2.20. The Kier molecular flexibility index (Phi) is 4.80. The molecule has 19 heavy (non-hydrogen) atoms. The molecule has 2 atom stereocenters. The van der Waals surface area contributed by atoms with Gasteiger partial charge in [-0.2, -0.15) is 0 Å². The lowest BCUT2D eigenvalue weighted by atomic mass is 10.1. The number of para-hydroxylation sites is 1. The van der Waals surface area contributed by atoms with Crippen molar-refractivity contribution >= 4 is 5.91 Å². The fourth-order valence-corrected chi connectivity index (χ4v) is 2.31. The second-order valence-electron chi connectivity index (χ2n) is 4.74. The minimum absolute atomic E-state index is 0.0182. The first-order chi connectivity index (χ1) is 9.22. The van der Waals surface area contributed by atoms with Gasteiger partial charge in [-0.3, -0.25) is 4.79 Å². The van der Waals surface area contributed by atoms with E-state index in [-0.39, 0.29) is 18.1 Å². The first-order valence-electron chi connectivity index (χ1n) is 6.86. The molecular weight excluding hydrogens is 242 g/mol. The molecule has 2 rings (SSSR count). The number of carbonyl (C=O) groups is 1. The molecule has 0 unspecified atom stereocenters. The number of rotatable bonds is 5. The number of carbonyl (C=O) groups excluding carboxylic acids is 1. The summed E-state index contributed by atoms with van der Waals surface area (Å²) in [5.41, 5.74) is 0.578. The van der Waals surface area contributed by atoms with Gasteiger partial charge in [0.15, 0.2) is 0 Å². The molecule has 4 heteroatoms. The van der Waals surface area contributed by atoms with Gasteiger partial charge in [0.1, 0.15) is 5.75 Å². The molecule has 0 aromatic heterocycles. The van der Waals surface area contributed by atoms with Crippen molar-refractivity contribution in [1.82, 2.24) is 5.32 Å². The topological polar surface area (TPSA) is 47.6 Å². The lowest BCUT2D eigenvalue weighted by Crippen LogP contribution is -2.40. The van der Waals surface area contributed by atoms with E-state index < -0.39 is 0 Å². The van der Waals surface area contributed by atoms with Crippen LogP contribution in [0.1, 0.15) is 37.0 Å². The third-order valence-electron chi connectivity index (χ3n) is 3.31. The first-order valence-corrected chi connectivity index (χ1v) is 6.86. The smallest absolute Gasteiger partial charge is 0.255 e. The molecule has 0 bridgehead atoms. The van der Waals surface area contributed by atoms with Crippen LogP contribution in [0.3, 0.4) is 0 Å². The maximum Gasteiger partial charge on any atom is 0.255 e. The summed E-state index contributed by atoms with van der Waals surface area (Å²) in [7, 11) is 0. The van der Waals surface area contributed by atoms with Crippen molar-refractivity contribution in [2.75, 3.05) is 13.2 Å². The number of benzene rings is 1. The maximum absolute atomic E-state index is 12.3. The third kappa shape index (κ3) is 3.47. The zero-order chi connectivity index (χ0) is 13.7. The van der Waals surface area contributed by atoms with E-state index in [0.717, 1.165) is 19.4 Å². The standard InChI is InChI=1S/C15H21NO3/c1-3-18-14-8-5-4-7-12(14)15(17)16-11(2)13-9-6-10-19-13/h4-5,7-8,11,13H,3,6,9-10H2,1-2H3,(H,16,17)/t11-,13-/m0/s1. The second-order valence-corrected chi connectivity index (χ2v) is 4.74. The van der Waals surface area contributed by atoms with E-state index in [9.17, 15) is 4.79 Å². The number of ether oxygens (including phenoxy) is 2. The summed E-state index contributed by atoms with van der Waals surface area (Å²) in [4.78, 5) is 12.3. The minimum atomic E-state index is -0.105. The summed E-state index contributed by atoms with van der Waals surface area (Å²) in [6.45, 7) is 5.23. The Bertz CT molecular complexity index is 427. The Balaban J connectivity index is 2.02. The van der Waals surface area contributed by atoms with Crippen molar-refractivity contribution in [3.05, 3.63) is 29.8 Å². The minimum Gasteiger partial charge on any atom is -0.493 e. The van der Waals surface area contributed by atoms with Gasteiger partial charge >= 0.3 is 0 Å². The van der Waals surface area contributed by atoms with Crippen LogP contribution in [-0.2, 0) is 4.74 Å². The molecule has 1 amide bonds. The average Bonchev–Trinajstić information content (AvgIpc) is 2.93. The molecule has 0 spiro atoms. The van der Waals surface area contributed by atoms with Crippen LogP contribution in [-0.4, -0.2) is 31.3 Å². The summed E-state index contributed by atoms with van der Waals surface area (Å²) in [6.07, 6.45) is 2.21. The van der Waals surface area contributed by atoms with Crippen LogP contribution < -0.4 is 10.1 Å². The van der Waals surface area contributed by atoms with Crippen molar-refractivity contribution in [2.45, 2.75) is 38.8 Å². The van der Waals surface area contributed by atoms with Gasteiger partial charge in [0.25, 0.3) is 5.91 Å². The fourth-order valence-electron chi connectivity index (χ4n) is 2.31. The van der Waals surface area contributed by atoms with Gasteiger partial charge in [-0.15, -0.1) is 0 Å². The summed E-state index contributed by atoms with van der Waals surface area (Å²) in [6, 6.07) is 7.32. The molecule has 104 valence electrons. The SMILES string of the molecule is CCOc1ccccc1C(=O)N[C@@H](C)[C@@H]1CCCO1. The summed E-state index contributed by atoms with van der Waals surface area (Å²) >= 11 is 0. The number of hydrogen-bond donors (Lipinski definition) is 1. The zero-order valence-corrected chi connectivity index (χ0v) is 11.5. The average molecular weight is 263 g/mol. The number of nitrogens with one attached hydrogen (secondary N) is 1. The normalized spacial score (nSPS) is 20.0. The molecular formula is C15H21NO3. The van der Waals surface area contributed by atoms with E-state index in [1.54, 1.807) is 6.07 Å². The second kappa shape index (κ2) is 6.57. The van der Waals surface area contributed by atoms with E-state index in [1.165, 1.54) is 0 Å². The van der Waals surface area contributed by atoms with Gasteiger partial charge in [-0.05, 0) is 38.8 Å². The van der Waals surface area contributed by atoms with Crippen molar-refractivity contribution in [1.29, 1.82) is 0 Å². The van der Waals surface area contributed by atoms with Gasteiger partial charge in [-0.1, -0.05) is 12.1 Å². The van der Waals surface area contributed by atoms with Crippen LogP contribution >= 0.6 is 0 Å². The highest BCUT2D eigenvalue weighted by molar-refractivity contribution is 5.97. The third-order valence-corrected chi connectivity index (χ3v) is 3.31. The first kappa shape index (κ1) is 13.9. The quantitative estimate of drug-likeness (QED) is 0.887. The Morgan fingerprint density at radius 3 is 3.00 bits per heavy atom. The molecule has 1 saturated heterocycles. The molecule has 4 nitrogen and oxygen atoms in total. The van der Waals surface area contributed by atoms with Crippen molar-refractivity contribution < 1.29 is 14.3 Å². The van der Waals surface area contributed by atoms with Gasteiger partial charge in [0.05, 0.1) is 24.3 Å². The molecule has 0 saturated carbocycles. The van der Waals surface area contributed by atoms with Crippen molar-refractivity contribution in [3.63, 3.8) is 0 Å². The van der Waals surface area contributed by atoms with Crippen LogP contribution in [0.5, 0.6) is 5.75 Å². The van der Waals surface area contributed by atoms with E-state index in [2.05, 4.69) is 5.32 Å². The van der Waals surface area contributed by atoms with E-state index in [4.69, 9.17) is 9.47 Å². The maximum atomic E-state index is 12.3. The Morgan fingerprint density at radius 1 is 1.53 bits per heavy atom. The van der Waals surface area contributed by atoms with E-state index >= 15 is 0 Å². The van der Waals surface area contributed by atoms with E-state index in [1.807, 2.05) is 32.0 Å². The van der Waals surface area contributed by atoms with Crippen LogP contribution in [0.25, 0.3) is 0 Å². The monoisotopic (exact) mass is 263 g/mol. The summed E-state index contributed by atoms with van der Waals surface area (Å²) in [5.74, 6) is 0.522. The molecule has 1 fully saturated rings. The number of hydrogen-bond acceptors (Lipinski definition) is 3. The predicted molar refractivity (Wildman–Crippen MR) is 73.5 cm³/mol. The van der Waals surface area contributed by atoms with Gasteiger partial charge in [-0.25, -0.2) is 0 Å². The van der Waals surface area contributed by atoms with Crippen molar-refractivity contribution in [3.8, 4) is 5.75 Å². The molecule has 0 aliphatic carbocycles. The van der Waals surface area contributed by atoms with Crippen LogP contribution in [0, 0.1) is 0 Å². The summed E-state index contributed by atoms with van der Waals surface area (Å²) < 4.78 is 11.1. The lowest BCUT2D eigenvalue weighted by molar-refractivity contribution is 0.0710. The van der Waals surface area contributed by atoms with Gasteiger partial charge in [0.2, 0.25) is 0 Å². The highest BCUT2D eigenvalue weighted by Gasteiger charge is 2.24. The van der Waals surface area contributed by atoms with Crippen molar-refractivity contribution in [2.24, 2.45) is 0 Å². The predicted octanol–water partition coefficient (Wildman–Crippen LogP) is 2.38. The highest BCUT2D eigenvalue weighted by Crippen LogP contribution is 2.19. The summed E-state index contributed by atoms with van der Waals surface area (Å²) in [5, 5.41) is 2.99. The Labute approximate surface area is 114 Å². The largest absolute Gasteiger partial charge is 0.493 e. The van der Waals surface area contributed by atoms with Crippen LogP contribution in [0.2, 0.25) is 0 Å². The fraction of sp³-hybridized carbons (Fsp3) is 0.533. The zero-order valence-electron chi connectivity index (χ0n) is 11.5. The van der Waals surface area contributed by atoms with Crippen LogP contribution in [0.4, 0.5) is 0 Å². The molecule has 1 N–H and O–H groups in total. The van der Waals surface area contributed by atoms with Crippen LogP contribution in [0.15, 0.2) is 24.3 Å². The van der Waals surface area contributed by atoms with Gasteiger partial charge in [0, 0.05) is 6.61 Å². The highest BCUT2D eigenvalue weighted by atomic mass is 16.5. The Morgan fingerprint density at radius 2 is 2.32 bits per heavy atom. The van der Waals surface area contributed by atoms with Gasteiger partial charge < -0.3 is 14.8 Å². The molecule has 1 aliphatic rings. The van der Waals surface area contributed by atoms with E-state index in [0.29, 0.717) is 17.9 Å². The molecule has 1 aliphatic heterocycles. The number of amides is 1. The Hall–Kier alpha value is -1.55. The molecule has 1 heterocycles. The molecule has 1 aromatic carbocycles.